The SMILES string of the molecule is CC(C)CNC(=O)c1c(NC(=O)c2ccc3c(c2)OCO3)cnn1C. The molecule has 0 saturated carbocycles. The van der Waals surface area contributed by atoms with Crippen molar-refractivity contribution in [1.29, 1.82) is 0 Å². The fourth-order valence-electron chi connectivity index (χ4n) is 2.41. The molecule has 0 fully saturated rings. The first-order valence-corrected chi connectivity index (χ1v) is 7.97. The van der Waals surface area contributed by atoms with Crippen LogP contribution in [0.1, 0.15) is 34.7 Å². The van der Waals surface area contributed by atoms with E-state index in [0.29, 0.717) is 40.9 Å². The molecule has 8 heteroatoms. The zero-order valence-electron chi connectivity index (χ0n) is 14.3. The van der Waals surface area contributed by atoms with Gasteiger partial charge in [0.05, 0.1) is 11.9 Å². The van der Waals surface area contributed by atoms with Crippen molar-refractivity contribution < 1.29 is 19.1 Å². The van der Waals surface area contributed by atoms with Gasteiger partial charge in [0, 0.05) is 19.2 Å². The van der Waals surface area contributed by atoms with E-state index in [2.05, 4.69) is 15.7 Å². The Morgan fingerprint density at radius 3 is 2.76 bits per heavy atom. The molecule has 0 bridgehead atoms. The number of anilines is 1. The van der Waals surface area contributed by atoms with Gasteiger partial charge in [0.25, 0.3) is 11.8 Å². The van der Waals surface area contributed by atoms with Gasteiger partial charge in [-0.15, -0.1) is 0 Å². The Morgan fingerprint density at radius 1 is 1.24 bits per heavy atom. The number of nitrogens with one attached hydrogen (secondary N) is 2. The molecular formula is C17H20N4O4. The van der Waals surface area contributed by atoms with Gasteiger partial charge in [0.15, 0.2) is 11.5 Å². The average molecular weight is 344 g/mol. The summed E-state index contributed by atoms with van der Waals surface area (Å²) in [6, 6.07) is 4.92. The maximum Gasteiger partial charge on any atom is 0.271 e. The van der Waals surface area contributed by atoms with Gasteiger partial charge in [-0.1, -0.05) is 13.8 Å². The molecule has 3 rings (SSSR count). The fourth-order valence-corrected chi connectivity index (χ4v) is 2.41. The minimum Gasteiger partial charge on any atom is -0.454 e. The lowest BCUT2D eigenvalue weighted by Crippen LogP contribution is -2.30. The zero-order chi connectivity index (χ0) is 18.0. The number of hydrogen-bond acceptors (Lipinski definition) is 5. The summed E-state index contributed by atoms with van der Waals surface area (Å²) >= 11 is 0. The highest BCUT2D eigenvalue weighted by Crippen LogP contribution is 2.32. The fraction of sp³-hybridized carbons (Fsp3) is 0.353. The van der Waals surface area contributed by atoms with Crippen LogP contribution in [0.3, 0.4) is 0 Å². The molecule has 0 saturated heterocycles. The third-order valence-corrected chi connectivity index (χ3v) is 3.71. The van der Waals surface area contributed by atoms with Gasteiger partial charge >= 0.3 is 0 Å². The largest absolute Gasteiger partial charge is 0.454 e. The van der Waals surface area contributed by atoms with Gasteiger partial charge in [-0.25, -0.2) is 0 Å². The Balaban J connectivity index is 1.77. The van der Waals surface area contributed by atoms with Crippen LogP contribution in [0.5, 0.6) is 11.5 Å². The normalized spacial score (nSPS) is 12.3. The molecule has 8 nitrogen and oxygen atoms in total. The minimum absolute atomic E-state index is 0.142. The van der Waals surface area contributed by atoms with Crippen LogP contribution in [0.2, 0.25) is 0 Å². The Kier molecular flexibility index (Phi) is 4.60. The van der Waals surface area contributed by atoms with Gasteiger partial charge in [0.1, 0.15) is 5.69 Å². The van der Waals surface area contributed by atoms with E-state index in [4.69, 9.17) is 9.47 Å². The number of aryl methyl sites for hydroxylation is 1. The maximum absolute atomic E-state index is 12.5. The number of ether oxygens (including phenoxy) is 2. The Hall–Kier alpha value is -3.03. The van der Waals surface area contributed by atoms with Crippen molar-refractivity contribution in [1.82, 2.24) is 15.1 Å². The lowest BCUT2D eigenvalue weighted by atomic mass is 10.2. The lowest BCUT2D eigenvalue weighted by Gasteiger charge is -2.10. The van der Waals surface area contributed by atoms with Gasteiger partial charge in [-0.2, -0.15) is 5.10 Å². The van der Waals surface area contributed by atoms with E-state index >= 15 is 0 Å². The second-order valence-electron chi connectivity index (χ2n) is 6.16. The molecule has 0 spiro atoms. The lowest BCUT2D eigenvalue weighted by molar-refractivity contribution is 0.0940. The van der Waals surface area contributed by atoms with Crippen LogP contribution in [0.25, 0.3) is 0 Å². The van der Waals surface area contributed by atoms with Crippen LogP contribution in [0.15, 0.2) is 24.4 Å². The second-order valence-corrected chi connectivity index (χ2v) is 6.16. The standard InChI is InChI=1S/C17H20N4O4/c1-10(2)7-18-17(23)15-12(8-19-21(15)3)20-16(22)11-4-5-13-14(6-11)25-9-24-13/h4-6,8,10H,7,9H2,1-3H3,(H,18,23)(H,20,22). The van der Waals surface area contributed by atoms with Crippen molar-refractivity contribution in [3.05, 3.63) is 35.7 Å². The van der Waals surface area contributed by atoms with Crippen LogP contribution >= 0.6 is 0 Å². The first-order chi connectivity index (χ1) is 12.0. The summed E-state index contributed by atoms with van der Waals surface area (Å²) in [4.78, 5) is 24.9. The van der Waals surface area contributed by atoms with E-state index < -0.39 is 0 Å². The highest BCUT2D eigenvalue weighted by Gasteiger charge is 2.21. The van der Waals surface area contributed by atoms with Crippen LogP contribution < -0.4 is 20.1 Å². The van der Waals surface area contributed by atoms with Gasteiger partial charge in [0.2, 0.25) is 6.79 Å². The number of hydrogen-bond donors (Lipinski definition) is 2. The van der Waals surface area contributed by atoms with E-state index in [1.54, 1.807) is 25.2 Å². The number of aromatic nitrogens is 2. The van der Waals surface area contributed by atoms with Gasteiger partial charge in [-0.05, 0) is 24.1 Å². The van der Waals surface area contributed by atoms with Gasteiger partial charge < -0.3 is 20.1 Å². The number of carbonyl (C=O) groups is 2. The molecule has 0 atom stereocenters. The van der Waals surface area contributed by atoms with E-state index in [0.717, 1.165) is 0 Å². The molecule has 0 radical (unpaired) electrons. The first kappa shape index (κ1) is 16.8. The van der Waals surface area contributed by atoms with E-state index in [1.807, 2.05) is 13.8 Å². The van der Waals surface area contributed by atoms with E-state index in [-0.39, 0.29) is 18.6 Å². The Morgan fingerprint density at radius 2 is 2.00 bits per heavy atom. The number of amides is 2. The molecule has 2 N–H and O–H groups in total. The summed E-state index contributed by atoms with van der Waals surface area (Å²) in [5, 5.41) is 9.62. The molecule has 1 aromatic heterocycles. The molecule has 132 valence electrons. The van der Waals surface area contributed by atoms with Crippen molar-refractivity contribution in [2.75, 3.05) is 18.7 Å². The third-order valence-electron chi connectivity index (χ3n) is 3.71. The Labute approximate surface area is 145 Å². The minimum atomic E-state index is -0.357. The van der Waals surface area contributed by atoms with Crippen molar-refractivity contribution in [3.63, 3.8) is 0 Å². The number of nitrogens with zero attached hydrogens (tertiary/aromatic N) is 2. The molecule has 2 aromatic rings. The van der Waals surface area contributed by atoms with Crippen LogP contribution in [0.4, 0.5) is 5.69 Å². The molecule has 2 heterocycles. The zero-order valence-corrected chi connectivity index (χ0v) is 14.3. The molecule has 2 amide bonds. The highest BCUT2D eigenvalue weighted by molar-refractivity contribution is 6.08. The first-order valence-electron chi connectivity index (χ1n) is 7.97. The summed E-state index contributed by atoms with van der Waals surface area (Å²) < 4.78 is 11.9. The summed E-state index contributed by atoms with van der Waals surface area (Å²) in [7, 11) is 1.65. The number of rotatable bonds is 5. The molecule has 0 unspecified atom stereocenters. The summed E-state index contributed by atoms with van der Waals surface area (Å²) in [5.74, 6) is 0.808. The van der Waals surface area contributed by atoms with Gasteiger partial charge in [-0.3, -0.25) is 14.3 Å². The predicted octanol–water partition coefficient (Wildman–Crippen LogP) is 1.79. The molecule has 0 aliphatic carbocycles. The van der Waals surface area contributed by atoms with E-state index in [9.17, 15) is 9.59 Å². The number of carbonyl (C=O) groups excluding carboxylic acids is 2. The monoisotopic (exact) mass is 344 g/mol. The van der Waals surface area contributed by atoms with Crippen molar-refractivity contribution in [2.24, 2.45) is 13.0 Å². The molecule has 1 aliphatic rings. The van der Waals surface area contributed by atoms with Crippen molar-refractivity contribution in [2.45, 2.75) is 13.8 Å². The topological polar surface area (TPSA) is 94.5 Å². The molecule has 1 aliphatic heterocycles. The molecule has 25 heavy (non-hydrogen) atoms. The van der Waals surface area contributed by atoms with Crippen LogP contribution in [0, 0.1) is 5.92 Å². The quantitative estimate of drug-likeness (QED) is 0.862. The molecule has 1 aromatic carbocycles. The maximum atomic E-state index is 12.5. The predicted molar refractivity (Wildman–Crippen MR) is 90.9 cm³/mol. The summed E-state index contributed by atoms with van der Waals surface area (Å²) in [6.07, 6.45) is 1.45. The number of benzene rings is 1. The smallest absolute Gasteiger partial charge is 0.271 e. The summed E-state index contributed by atoms with van der Waals surface area (Å²) in [6.45, 7) is 4.69. The van der Waals surface area contributed by atoms with Crippen LogP contribution in [-0.2, 0) is 7.05 Å². The average Bonchev–Trinajstić information content (AvgIpc) is 3.18. The molecular weight excluding hydrogens is 324 g/mol. The highest BCUT2D eigenvalue weighted by atomic mass is 16.7. The van der Waals surface area contributed by atoms with Crippen molar-refractivity contribution >= 4 is 17.5 Å². The Bertz CT molecular complexity index is 813. The van der Waals surface area contributed by atoms with Crippen molar-refractivity contribution in [3.8, 4) is 11.5 Å². The second kappa shape index (κ2) is 6.84. The third kappa shape index (κ3) is 3.57. The number of fused-ring (bicyclic) bond motifs is 1. The summed E-state index contributed by atoms with van der Waals surface area (Å²) in [5.41, 5.74) is 1.06. The van der Waals surface area contributed by atoms with E-state index in [1.165, 1.54) is 10.9 Å². The van der Waals surface area contributed by atoms with Crippen LogP contribution in [-0.4, -0.2) is 34.9 Å².